The Hall–Kier alpha value is -2.43. The van der Waals surface area contributed by atoms with Gasteiger partial charge in [0, 0.05) is 5.56 Å². The average Bonchev–Trinajstić information content (AvgIpc) is 2.77. The van der Waals surface area contributed by atoms with Crippen molar-refractivity contribution in [3.05, 3.63) is 39.8 Å². The van der Waals surface area contributed by atoms with Gasteiger partial charge in [-0.2, -0.15) is 0 Å². The number of benzene rings is 1. The highest BCUT2D eigenvalue weighted by molar-refractivity contribution is 5.93. The van der Waals surface area contributed by atoms with E-state index in [0.717, 1.165) is 16.7 Å². The number of carboxylic acid groups (broad SMARTS) is 1. The molecule has 0 aliphatic heterocycles. The van der Waals surface area contributed by atoms with E-state index in [2.05, 4.69) is 9.97 Å². The number of rotatable bonds is 3. The first-order valence-electron chi connectivity index (χ1n) is 6.23. The van der Waals surface area contributed by atoms with Gasteiger partial charge in [-0.25, -0.2) is 9.78 Å². The Kier molecular flexibility index (Phi) is 3.44. The van der Waals surface area contributed by atoms with Gasteiger partial charge in [0.2, 0.25) is 0 Å². The zero-order valence-electron chi connectivity index (χ0n) is 11.9. The number of carboxylic acids is 1. The van der Waals surface area contributed by atoms with Crippen molar-refractivity contribution in [2.75, 3.05) is 0 Å². The molecule has 0 saturated heterocycles. The molecule has 0 saturated carbocycles. The summed E-state index contributed by atoms with van der Waals surface area (Å²) in [5, 5.41) is 9.29. The molecule has 104 valence electrons. The summed E-state index contributed by atoms with van der Waals surface area (Å²) < 4.78 is 0. The van der Waals surface area contributed by atoms with Gasteiger partial charge in [0.05, 0.1) is 11.3 Å². The SMILES string of the molecule is Cc1nc(-c2cc(C(=O)O)c(C)c(C)c2C)c(C=O)[nH]1. The number of hydrogen-bond donors (Lipinski definition) is 2. The van der Waals surface area contributed by atoms with Gasteiger partial charge in [-0.3, -0.25) is 4.79 Å². The fourth-order valence-corrected chi connectivity index (χ4v) is 2.31. The first kappa shape index (κ1) is 14.0. The zero-order chi connectivity index (χ0) is 15.0. The highest BCUT2D eigenvalue weighted by Crippen LogP contribution is 2.30. The van der Waals surface area contributed by atoms with E-state index in [9.17, 15) is 14.7 Å². The van der Waals surface area contributed by atoms with Crippen LogP contribution in [0.1, 0.15) is 43.4 Å². The van der Waals surface area contributed by atoms with E-state index < -0.39 is 5.97 Å². The van der Waals surface area contributed by atoms with Gasteiger partial charge in [0.25, 0.3) is 0 Å². The highest BCUT2D eigenvalue weighted by Gasteiger charge is 2.19. The van der Waals surface area contributed by atoms with E-state index in [4.69, 9.17) is 0 Å². The minimum Gasteiger partial charge on any atom is -0.478 e. The van der Waals surface area contributed by atoms with Crippen molar-refractivity contribution >= 4 is 12.3 Å². The Labute approximate surface area is 116 Å². The lowest BCUT2D eigenvalue weighted by molar-refractivity contribution is 0.0696. The van der Waals surface area contributed by atoms with Crippen LogP contribution in [0.15, 0.2) is 6.07 Å². The number of hydrogen-bond acceptors (Lipinski definition) is 3. The van der Waals surface area contributed by atoms with Crippen LogP contribution in [0.5, 0.6) is 0 Å². The molecule has 20 heavy (non-hydrogen) atoms. The molecule has 2 N–H and O–H groups in total. The van der Waals surface area contributed by atoms with Crippen LogP contribution in [0.3, 0.4) is 0 Å². The van der Waals surface area contributed by atoms with Gasteiger partial charge in [-0.15, -0.1) is 0 Å². The summed E-state index contributed by atoms with van der Waals surface area (Å²) in [6.07, 6.45) is 0.699. The molecule has 1 aromatic carbocycles. The monoisotopic (exact) mass is 272 g/mol. The normalized spacial score (nSPS) is 10.6. The number of carbonyl (C=O) groups excluding carboxylic acids is 1. The van der Waals surface area contributed by atoms with Crippen molar-refractivity contribution in [3.63, 3.8) is 0 Å². The minimum atomic E-state index is -0.980. The summed E-state index contributed by atoms with van der Waals surface area (Å²) >= 11 is 0. The van der Waals surface area contributed by atoms with E-state index in [1.807, 2.05) is 13.8 Å². The molecule has 0 radical (unpaired) electrons. The Morgan fingerprint density at radius 3 is 2.40 bits per heavy atom. The number of aromatic carboxylic acids is 1. The molecule has 0 aliphatic rings. The number of aromatic amines is 1. The van der Waals surface area contributed by atoms with Crippen LogP contribution >= 0.6 is 0 Å². The largest absolute Gasteiger partial charge is 0.478 e. The molecule has 1 heterocycles. The number of H-pyrrole nitrogens is 1. The lowest BCUT2D eigenvalue weighted by atomic mass is 9.92. The Balaban J connectivity index is 2.80. The molecule has 2 rings (SSSR count). The maximum atomic E-state index is 11.3. The van der Waals surface area contributed by atoms with Crippen LogP contribution in [0.25, 0.3) is 11.3 Å². The first-order chi connectivity index (χ1) is 9.36. The van der Waals surface area contributed by atoms with Crippen LogP contribution in [0.2, 0.25) is 0 Å². The Morgan fingerprint density at radius 2 is 1.85 bits per heavy atom. The number of nitrogens with one attached hydrogen (secondary N) is 1. The molecule has 5 heteroatoms. The summed E-state index contributed by atoms with van der Waals surface area (Å²) in [5.74, 6) is -0.358. The Morgan fingerprint density at radius 1 is 1.20 bits per heavy atom. The van der Waals surface area contributed by atoms with E-state index in [0.29, 0.717) is 29.1 Å². The van der Waals surface area contributed by atoms with Gasteiger partial charge in [0.1, 0.15) is 11.5 Å². The second kappa shape index (κ2) is 4.92. The molecule has 1 aromatic heterocycles. The molecule has 2 aromatic rings. The first-order valence-corrected chi connectivity index (χ1v) is 6.23. The lowest BCUT2D eigenvalue weighted by Crippen LogP contribution is -2.05. The van der Waals surface area contributed by atoms with Crippen molar-refractivity contribution in [3.8, 4) is 11.3 Å². The molecular formula is C15H16N2O3. The quantitative estimate of drug-likeness (QED) is 0.841. The molecule has 0 atom stereocenters. The average molecular weight is 272 g/mol. The van der Waals surface area contributed by atoms with Crippen LogP contribution in [0, 0.1) is 27.7 Å². The van der Waals surface area contributed by atoms with Crippen molar-refractivity contribution in [1.82, 2.24) is 9.97 Å². The van der Waals surface area contributed by atoms with E-state index >= 15 is 0 Å². The number of aromatic nitrogens is 2. The molecule has 0 amide bonds. The summed E-state index contributed by atoms with van der Waals surface area (Å²) in [6.45, 7) is 7.32. The maximum absolute atomic E-state index is 11.3. The third-order valence-corrected chi connectivity index (χ3v) is 3.68. The van der Waals surface area contributed by atoms with Crippen molar-refractivity contribution in [2.45, 2.75) is 27.7 Å². The maximum Gasteiger partial charge on any atom is 0.335 e. The molecule has 0 unspecified atom stereocenters. The standard InChI is InChI=1S/C15H16N2O3/c1-7-8(2)11(5-12(9(7)3)15(19)20)14-13(6-18)16-10(4)17-14/h5-6H,1-4H3,(H,16,17)(H,19,20). The van der Waals surface area contributed by atoms with E-state index in [-0.39, 0.29) is 5.56 Å². The summed E-state index contributed by atoms with van der Waals surface area (Å²) in [4.78, 5) is 29.6. The van der Waals surface area contributed by atoms with Crippen molar-refractivity contribution in [1.29, 1.82) is 0 Å². The van der Waals surface area contributed by atoms with Gasteiger partial charge in [0.15, 0.2) is 6.29 Å². The molecule has 0 spiro atoms. The lowest BCUT2D eigenvalue weighted by Gasteiger charge is -2.13. The molecule has 0 aliphatic carbocycles. The van der Waals surface area contributed by atoms with Crippen LogP contribution < -0.4 is 0 Å². The predicted octanol–water partition coefficient (Wildman–Crippen LogP) is 2.82. The molecule has 0 fully saturated rings. The topological polar surface area (TPSA) is 83.0 Å². The third-order valence-electron chi connectivity index (χ3n) is 3.68. The molecule has 0 bridgehead atoms. The molecular weight excluding hydrogens is 256 g/mol. The van der Waals surface area contributed by atoms with Gasteiger partial charge >= 0.3 is 5.97 Å². The van der Waals surface area contributed by atoms with Crippen molar-refractivity contribution < 1.29 is 14.7 Å². The summed E-state index contributed by atoms with van der Waals surface area (Å²) in [7, 11) is 0. The fourth-order valence-electron chi connectivity index (χ4n) is 2.31. The number of nitrogens with zero attached hydrogens (tertiary/aromatic N) is 1. The summed E-state index contributed by atoms with van der Waals surface area (Å²) in [6, 6.07) is 1.59. The fraction of sp³-hybridized carbons (Fsp3) is 0.267. The zero-order valence-corrected chi connectivity index (χ0v) is 11.9. The van der Waals surface area contributed by atoms with E-state index in [1.54, 1.807) is 19.9 Å². The van der Waals surface area contributed by atoms with Gasteiger partial charge in [-0.05, 0) is 50.5 Å². The smallest absolute Gasteiger partial charge is 0.335 e. The Bertz CT molecular complexity index is 714. The van der Waals surface area contributed by atoms with Crippen molar-refractivity contribution in [2.24, 2.45) is 0 Å². The predicted molar refractivity (Wildman–Crippen MR) is 75.3 cm³/mol. The van der Waals surface area contributed by atoms with Crippen LogP contribution in [0.4, 0.5) is 0 Å². The second-order valence-corrected chi connectivity index (χ2v) is 4.85. The minimum absolute atomic E-state index is 0.237. The number of aryl methyl sites for hydroxylation is 1. The van der Waals surface area contributed by atoms with Gasteiger partial charge in [-0.1, -0.05) is 0 Å². The highest BCUT2D eigenvalue weighted by atomic mass is 16.4. The number of imidazole rings is 1. The van der Waals surface area contributed by atoms with Crippen LogP contribution in [-0.2, 0) is 0 Å². The number of carbonyl (C=O) groups is 2. The van der Waals surface area contributed by atoms with Crippen LogP contribution in [-0.4, -0.2) is 27.3 Å². The van der Waals surface area contributed by atoms with E-state index in [1.165, 1.54) is 0 Å². The summed E-state index contributed by atoms with van der Waals surface area (Å²) in [5.41, 5.74) is 4.35. The molecule has 5 nitrogen and oxygen atoms in total. The third kappa shape index (κ3) is 2.11. The second-order valence-electron chi connectivity index (χ2n) is 4.85. The number of aldehydes is 1. The van der Waals surface area contributed by atoms with Gasteiger partial charge < -0.3 is 10.1 Å².